The van der Waals surface area contributed by atoms with E-state index < -0.39 is 10.0 Å². The molecule has 0 aromatic heterocycles. The molecule has 164 valence electrons. The zero-order valence-corrected chi connectivity index (χ0v) is 18.9. The number of hydrogen-bond acceptors (Lipinski definition) is 6. The largest absolute Gasteiger partial charge is 0.497 e. The molecule has 2 aromatic rings. The molecule has 8 heteroatoms. The highest BCUT2D eigenvalue weighted by molar-refractivity contribution is 7.92. The van der Waals surface area contributed by atoms with Crippen LogP contribution in [0.5, 0.6) is 5.75 Å². The lowest BCUT2D eigenvalue weighted by atomic mass is 9.97. The summed E-state index contributed by atoms with van der Waals surface area (Å²) in [5.74, 6) is 0.356. The third-order valence-electron chi connectivity index (χ3n) is 5.81. The molecule has 2 aromatic carbocycles. The van der Waals surface area contributed by atoms with E-state index in [0.29, 0.717) is 22.6 Å². The Balaban J connectivity index is 1.78. The van der Waals surface area contributed by atoms with Gasteiger partial charge in [0.15, 0.2) is 5.78 Å². The van der Waals surface area contributed by atoms with Crippen LogP contribution in [0.4, 0.5) is 5.69 Å². The Hall–Kier alpha value is -2.84. The maximum Gasteiger partial charge on any atom is 0.264 e. The fourth-order valence-electron chi connectivity index (χ4n) is 3.84. The van der Waals surface area contributed by atoms with Crippen molar-refractivity contribution >= 4 is 21.5 Å². The summed E-state index contributed by atoms with van der Waals surface area (Å²) in [6.45, 7) is 5.30. The first kappa shape index (κ1) is 21.4. The van der Waals surface area contributed by atoms with Crippen LogP contribution >= 0.6 is 0 Å². The monoisotopic (exact) mass is 441 g/mol. The summed E-state index contributed by atoms with van der Waals surface area (Å²) in [5, 5.41) is 0. The van der Waals surface area contributed by atoms with Crippen LogP contribution in [0, 0.1) is 6.92 Å². The number of benzene rings is 2. The van der Waals surface area contributed by atoms with Crippen molar-refractivity contribution in [2.75, 3.05) is 51.2 Å². The van der Waals surface area contributed by atoms with Crippen molar-refractivity contribution in [3.63, 3.8) is 0 Å². The zero-order chi connectivity index (χ0) is 22.2. The number of ether oxygens (including phenoxy) is 1. The second kappa shape index (κ2) is 8.36. The van der Waals surface area contributed by atoms with Crippen LogP contribution in [-0.4, -0.2) is 70.9 Å². The van der Waals surface area contributed by atoms with Crippen molar-refractivity contribution in [1.82, 2.24) is 9.80 Å². The van der Waals surface area contributed by atoms with Gasteiger partial charge in [0.05, 0.1) is 24.2 Å². The maximum absolute atomic E-state index is 13.6. The molecule has 1 saturated heterocycles. The number of ketones is 1. The smallest absolute Gasteiger partial charge is 0.264 e. The molecule has 0 spiro atoms. The summed E-state index contributed by atoms with van der Waals surface area (Å²) in [6, 6.07) is 11.7. The molecule has 1 fully saturated rings. The molecule has 0 aliphatic carbocycles. The summed E-state index contributed by atoms with van der Waals surface area (Å²) in [5.41, 5.74) is 2.16. The number of carbonyl (C=O) groups excluding carboxylic acids is 1. The van der Waals surface area contributed by atoms with Gasteiger partial charge in [-0.3, -0.25) is 9.10 Å². The minimum atomic E-state index is -3.87. The number of fused-ring (bicyclic) bond motifs is 1. The minimum absolute atomic E-state index is 0.0124. The topological polar surface area (TPSA) is 70.2 Å². The van der Waals surface area contributed by atoms with Crippen molar-refractivity contribution in [1.29, 1.82) is 0 Å². The molecule has 0 saturated carbocycles. The Morgan fingerprint density at radius 1 is 1.00 bits per heavy atom. The second-order valence-corrected chi connectivity index (χ2v) is 9.89. The number of carbonyl (C=O) groups is 1. The molecule has 2 heterocycles. The van der Waals surface area contributed by atoms with E-state index in [1.165, 1.54) is 11.4 Å². The van der Waals surface area contributed by atoms with Crippen molar-refractivity contribution in [2.45, 2.75) is 11.8 Å². The van der Waals surface area contributed by atoms with E-state index in [1.54, 1.807) is 42.5 Å². The van der Waals surface area contributed by atoms with Crippen molar-refractivity contribution < 1.29 is 17.9 Å². The predicted molar refractivity (Wildman–Crippen MR) is 120 cm³/mol. The fourth-order valence-corrected chi connectivity index (χ4v) is 5.30. The number of sulfonamides is 1. The van der Waals surface area contributed by atoms with E-state index in [2.05, 4.69) is 16.8 Å². The number of hydrogen-bond donors (Lipinski definition) is 0. The van der Waals surface area contributed by atoms with Gasteiger partial charge in [-0.25, -0.2) is 8.42 Å². The summed E-state index contributed by atoms with van der Waals surface area (Å²) < 4.78 is 33.8. The first-order valence-corrected chi connectivity index (χ1v) is 11.7. The Labute approximate surface area is 183 Å². The van der Waals surface area contributed by atoms with Crippen molar-refractivity contribution in [3.8, 4) is 5.75 Å². The van der Waals surface area contributed by atoms with Gasteiger partial charge in [-0.1, -0.05) is 17.7 Å². The van der Waals surface area contributed by atoms with Crippen LogP contribution in [0.2, 0.25) is 0 Å². The van der Waals surface area contributed by atoms with Gasteiger partial charge in [0.25, 0.3) is 10.0 Å². The highest BCUT2D eigenvalue weighted by atomic mass is 32.2. The van der Waals surface area contributed by atoms with E-state index in [9.17, 15) is 13.2 Å². The van der Waals surface area contributed by atoms with Gasteiger partial charge in [-0.2, -0.15) is 0 Å². The molecule has 7 nitrogen and oxygen atoms in total. The molecule has 4 rings (SSSR count). The van der Waals surface area contributed by atoms with Crippen molar-refractivity contribution in [2.24, 2.45) is 0 Å². The third kappa shape index (κ3) is 4.18. The minimum Gasteiger partial charge on any atom is -0.497 e. The summed E-state index contributed by atoms with van der Waals surface area (Å²) in [6.07, 6.45) is 1.83. The highest BCUT2D eigenvalue weighted by Crippen LogP contribution is 2.36. The number of Topliss-reactive ketones (excluding diaryl/α,β-unsaturated/α-hetero) is 1. The highest BCUT2D eigenvalue weighted by Gasteiger charge is 2.36. The number of likely N-dealkylation sites (N-methyl/N-ethyl adjacent to an activating group) is 1. The van der Waals surface area contributed by atoms with E-state index in [1.807, 2.05) is 13.1 Å². The van der Waals surface area contributed by atoms with E-state index in [0.717, 1.165) is 31.7 Å². The SMILES string of the molecule is COc1ccc2c(c1)N(S(=O)(=O)c1ccc(C)cc1)CC(=CN1CCN(C)CC1)C2=O. The van der Waals surface area contributed by atoms with Crippen LogP contribution in [0.25, 0.3) is 0 Å². The van der Waals surface area contributed by atoms with Gasteiger partial charge < -0.3 is 14.5 Å². The quantitative estimate of drug-likeness (QED) is 0.679. The number of rotatable bonds is 4. The van der Waals surface area contributed by atoms with Gasteiger partial charge in [0.2, 0.25) is 0 Å². The molecule has 0 unspecified atom stereocenters. The van der Waals surface area contributed by atoms with E-state index in [4.69, 9.17) is 4.74 Å². The Bertz CT molecular complexity index is 1120. The van der Waals surface area contributed by atoms with Crippen LogP contribution in [-0.2, 0) is 10.0 Å². The lowest BCUT2D eigenvalue weighted by molar-refractivity contribution is 0.102. The number of aryl methyl sites for hydroxylation is 1. The molecule has 2 aliphatic heterocycles. The lowest BCUT2D eigenvalue weighted by Crippen LogP contribution is -2.43. The van der Waals surface area contributed by atoms with E-state index in [-0.39, 0.29) is 17.2 Å². The zero-order valence-electron chi connectivity index (χ0n) is 18.0. The molecule has 2 aliphatic rings. The normalized spacial score (nSPS) is 18.9. The molecule has 31 heavy (non-hydrogen) atoms. The number of piperazine rings is 1. The second-order valence-electron chi connectivity index (χ2n) is 8.03. The van der Waals surface area contributed by atoms with Gasteiger partial charge in [0.1, 0.15) is 5.75 Å². The molecule has 0 amide bonds. The van der Waals surface area contributed by atoms with Crippen LogP contribution in [0.1, 0.15) is 15.9 Å². The Morgan fingerprint density at radius 3 is 2.32 bits per heavy atom. The molecular weight excluding hydrogens is 414 g/mol. The molecule has 0 N–H and O–H groups in total. The van der Waals surface area contributed by atoms with Crippen LogP contribution < -0.4 is 9.04 Å². The summed E-state index contributed by atoms with van der Waals surface area (Å²) in [4.78, 5) is 17.8. The molecule has 0 radical (unpaired) electrons. The Morgan fingerprint density at radius 2 is 1.68 bits per heavy atom. The number of methoxy groups -OCH3 is 1. The lowest BCUT2D eigenvalue weighted by Gasteiger charge is -2.35. The number of anilines is 1. The van der Waals surface area contributed by atoms with Gasteiger partial charge in [-0.05, 0) is 38.2 Å². The maximum atomic E-state index is 13.6. The summed E-state index contributed by atoms with van der Waals surface area (Å²) in [7, 11) is -0.282. The molecule has 0 bridgehead atoms. The van der Waals surface area contributed by atoms with Gasteiger partial charge in [0, 0.05) is 49.6 Å². The first-order valence-electron chi connectivity index (χ1n) is 10.2. The van der Waals surface area contributed by atoms with Crippen molar-refractivity contribution in [3.05, 3.63) is 65.4 Å². The standard InChI is InChI=1S/C23H27N3O4S/c1-17-4-7-20(8-5-17)31(28,29)26-16-18(15-25-12-10-24(2)11-13-25)23(27)21-9-6-19(30-3)14-22(21)26/h4-9,14-15H,10-13,16H2,1-3H3. The number of nitrogens with zero attached hydrogens (tertiary/aromatic N) is 3. The Kier molecular flexibility index (Phi) is 5.77. The first-order chi connectivity index (χ1) is 14.8. The molecule has 0 atom stereocenters. The average molecular weight is 442 g/mol. The third-order valence-corrected chi connectivity index (χ3v) is 7.58. The van der Waals surface area contributed by atoms with Crippen LogP contribution in [0.3, 0.4) is 0 Å². The predicted octanol–water partition coefficient (Wildman–Crippen LogP) is 2.53. The average Bonchev–Trinajstić information content (AvgIpc) is 2.77. The fraction of sp³-hybridized carbons (Fsp3) is 0.348. The van der Waals surface area contributed by atoms with Crippen LogP contribution in [0.15, 0.2) is 59.1 Å². The van der Waals surface area contributed by atoms with E-state index >= 15 is 0 Å². The summed E-state index contributed by atoms with van der Waals surface area (Å²) >= 11 is 0. The van der Waals surface area contributed by atoms with Gasteiger partial charge in [-0.15, -0.1) is 0 Å². The molecular formula is C23H27N3O4S. The van der Waals surface area contributed by atoms with Gasteiger partial charge >= 0.3 is 0 Å².